The summed E-state index contributed by atoms with van der Waals surface area (Å²) in [6.45, 7) is 1.99. The molecular formula is C23H29N3O2. The Morgan fingerprint density at radius 3 is 2.25 bits per heavy atom. The highest BCUT2D eigenvalue weighted by molar-refractivity contribution is 5.84. The van der Waals surface area contributed by atoms with Crippen LogP contribution in [-0.2, 0) is 4.79 Å². The number of urea groups is 1. The molecular weight excluding hydrogens is 350 g/mol. The summed E-state index contributed by atoms with van der Waals surface area (Å²) >= 11 is 0. The van der Waals surface area contributed by atoms with E-state index in [0.29, 0.717) is 0 Å². The third-order valence-corrected chi connectivity index (χ3v) is 5.20. The van der Waals surface area contributed by atoms with Gasteiger partial charge in [0.25, 0.3) is 0 Å². The molecule has 1 unspecified atom stereocenters. The van der Waals surface area contributed by atoms with Gasteiger partial charge in [-0.15, -0.1) is 0 Å². The molecule has 0 aromatic heterocycles. The molecule has 28 heavy (non-hydrogen) atoms. The van der Waals surface area contributed by atoms with Crippen LogP contribution in [0.1, 0.15) is 54.8 Å². The largest absolute Gasteiger partial charge is 0.344 e. The summed E-state index contributed by atoms with van der Waals surface area (Å²) in [6.07, 6.45) is 5.58. The first kappa shape index (κ1) is 19.9. The van der Waals surface area contributed by atoms with E-state index in [4.69, 9.17) is 0 Å². The average molecular weight is 380 g/mol. The van der Waals surface area contributed by atoms with E-state index in [1.807, 2.05) is 61.5 Å². The fraction of sp³-hybridized carbons (Fsp3) is 0.391. The number of benzene rings is 2. The lowest BCUT2D eigenvalue weighted by molar-refractivity contribution is -0.120. The Bertz CT molecular complexity index is 768. The first-order valence-corrected chi connectivity index (χ1v) is 10.1. The normalized spacial score (nSPS) is 15.5. The predicted molar refractivity (Wildman–Crippen MR) is 111 cm³/mol. The standard InChI is InChI=1S/C23H29N3O2/c1-17-12-14-19(15-13-17)22(18-8-4-2-5-9-18)26-21(27)16-24-23(28)25-20-10-6-3-7-11-20/h2,4-5,8-9,12-15,20,22H,3,6-7,10-11,16H2,1H3,(H,26,27)(H2,24,25,28). The molecule has 1 aliphatic carbocycles. The van der Waals surface area contributed by atoms with Crippen molar-refractivity contribution < 1.29 is 9.59 Å². The number of hydrogen-bond acceptors (Lipinski definition) is 2. The number of carbonyl (C=O) groups excluding carboxylic acids is 2. The van der Waals surface area contributed by atoms with Gasteiger partial charge in [-0.1, -0.05) is 79.4 Å². The molecule has 1 fully saturated rings. The van der Waals surface area contributed by atoms with E-state index in [1.54, 1.807) is 0 Å². The highest BCUT2D eigenvalue weighted by atomic mass is 16.2. The molecule has 1 atom stereocenters. The van der Waals surface area contributed by atoms with Gasteiger partial charge in [0.05, 0.1) is 12.6 Å². The highest BCUT2D eigenvalue weighted by Gasteiger charge is 2.18. The van der Waals surface area contributed by atoms with Gasteiger partial charge in [-0.05, 0) is 30.9 Å². The van der Waals surface area contributed by atoms with Gasteiger partial charge in [0.2, 0.25) is 5.91 Å². The van der Waals surface area contributed by atoms with Crippen molar-refractivity contribution in [1.29, 1.82) is 0 Å². The van der Waals surface area contributed by atoms with Crippen molar-refractivity contribution in [2.24, 2.45) is 0 Å². The summed E-state index contributed by atoms with van der Waals surface area (Å²) in [4.78, 5) is 24.6. The zero-order valence-electron chi connectivity index (χ0n) is 16.4. The van der Waals surface area contributed by atoms with Crippen LogP contribution in [0.2, 0.25) is 0 Å². The molecule has 2 aromatic rings. The van der Waals surface area contributed by atoms with Gasteiger partial charge >= 0.3 is 6.03 Å². The molecule has 3 amide bonds. The van der Waals surface area contributed by atoms with Gasteiger partial charge in [-0.3, -0.25) is 4.79 Å². The van der Waals surface area contributed by atoms with Crippen LogP contribution in [0.5, 0.6) is 0 Å². The minimum atomic E-state index is -0.270. The quantitative estimate of drug-likeness (QED) is 0.714. The van der Waals surface area contributed by atoms with Crippen LogP contribution in [0, 0.1) is 6.92 Å². The Hall–Kier alpha value is -2.82. The summed E-state index contributed by atoms with van der Waals surface area (Å²) in [7, 11) is 0. The van der Waals surface area contributed by atoms with E-state index in [1.165, 1.54) is 12.0 Å². The lowest BCUT2D eigenvalue weighted by atomic mass is 9.96. The monoisotopic (exact) mass is 379 g/mol. The molecule has 5 nitrogen and oxygen atoms in total. The first-order chi connectivity index (χ1) is 13.6. The van der Waals surface area contributed by atoms with Crippen molar-refractivity contribution in [3.8, 4) is 0 Å². The van der Waals surface area contributed by atoms with Crippen LogP contribution < -0.4 is 16.0 Å². The molecule has 1 saturated carbocycles. The third kappa shape index (κ3) is 5.84. The Morgan fingerprint density at radius 1 is 0.929 bits per heavy atom. The van der Waals surface area contributed by atoms with Crippen molar-refractivity contribution >= 4 is 11.9 Å². The predicted octanol–water partition coefficient (Wildman–Crippen LogP) is 3.83. The lowest BCUT2D eigenvalue weighted by Gasteiger charge is -2.23. The molecule has 0 aliphatic heterocycles. The van der Waals surface area contributed by atoms with Gasteiger partial charge in [0.1, 0.15) is 0 Å². The maximum absolute atomic E-state index is 12.5. The van der Waals surface area contributed by atoms with Crippen molar-refractivity contribution in [3.05, 3.63) is 71.3 Å². The van der Waals surface area contributed by atoms with Crippen LogP contribution in [0.15, 0.2) is 54.6 Å². The molecule has 1 aliphatic rings. The van der Waals surface area contributed by atoms with E-state index in [2.05, 4.69) is 16.0 Å². The molecule has 0 spiro atoms. The van der Waals surface area contributed by atoms with Crippen molar-refractivity contribution in [1.82, 2.24) is 16.0 Å². The minimum Gasteiger partial charge on any atom is -0.344 e. The Labute approximate surface area is 166 Å². The highest BCUT2D eigenvalue weighted by Crippen LogP contribution is 2.22. The van der Waals surface area contributed by atoms with E-state index in [-0.39, 0.29) is 30.6 Å². The molecule has 148 valence electrons. The van der Waals surface area contributed by atoms with Crippen LogP contribution in [0.4, 0.5) is 4.79 Å². The van der Waals surface area contributed by atoms with Crippen LogP contribution in [0.25, 0.3) is 0 Å². The molecule has 0 heterocycles. The summed E-state index contributed by atoms with van der Waals surface area (Å²) in [6, 6.07) is 17.7. The second-order valence-electron chi connectivity index (χ2n) is 7.48. The topological polar surface area (TPSA) is 70.2 Å². The third-order valence-electron chi connectivity index (χ3n) is 5.20. The summed E-state index contributed by atoms with van der Waals surface area (Å²) in [5.74, 6) is -0.215. The van der Waals surface area contributed by atoms with Gasteiger partial charge in [0.15, 0.2) is 0 Å². The summed E-state index contributed by atoms with van der Waals surface area (Å²) in [5.41, 5.74) is 3.19. The Kier molecular flexibility index (Phi) is 7.06. The second-order valence-corrected chi connectivity index (χ2v) is 7.48. The molecule has 0 radical (unpaired) electrons. The Balaban J connectivity index is 1.58. The number of amides is 3. The van der Waals surface area contributed by atoms with Crippen molar-refractivity contribution in [2.75, 3.05) is 6.54 Å². The second kappa shape index (κ2) is 9.93. The van der Waals surface area contributed by atoms with E-state index >= 15 is 0 Å². The van der Waals surface area contributed by atoms with Crippen LogP contribution >= 0.6 is 0 Å². The van der Waals surface area contributed by atoms with Crippen molar-refractivity contribution in [3.63, 3.8) is 0 Å². The molecule has 5 heteroatoms. The number of aryl methyl sites for hydroxylation is 1. The SMILES string of the molecule is Cc1ccc(C(NC(=O)CNC(=O)NC2CCCCC2)c2ccccc2)cc1. The van der Waals surface area contributed by atoms with E-state index in [0.717, 1.165) is 36.8 Å². The number of nitrogens with one attached hydrogen (secondary N) is 3. The number of hydrogen-bond donors (Lipinski definition) is 3. The van der Waals surface area contributed by atoms with Gasteiger partial charge in [-0.2, -0.15) is 0 Å². The molecule has 0 saturated heterocycles. The van der Waals surface area contributed by atoms with Gasteiger partial charge in [0, 0.05) is 6.04 Å². The van der Waals surface area contributed by atoms with Crippen LogP contribution in [-0.4, -0.2) is 24.5 Å². The average Bonchev–Trinajstić information content (AvgIpc) is 2.73. The maximum Gasteiger partial charge on any atom is 0.315 e. The van der Waals surface area contributed by atoms with Crippen LogP contribution in [0.3, 0.4) is 0 Å². The fourth-order valence-corrected chi connectivity index (χ4v) is 3.62. The van der Waals surface area contributed by atoms with Crippen molar-refractivity contribution in [2.45, 2.75) is 51.1 Å². The number of rotatable bonds is 6. The van der Waals surface area contributed by atoms with Gasteiger partial charge in [-0.25, -0.2) is 4.79 Å². The zero-order valence-corrected chi connectivity index (χ0v) is 16.4. The maximum atomic E-state index is 12.5. The minimum absolute atomic E-state index is 0.0479. The smallest absolute Gasteiger partial charge is 0.315 e. The van der Waals surface area contributed by atoms with Gasteiger partial charge < -0.3 is 16.0 Å². The molecule has 0 bridgehead atoms. The van der Waals surface area contributed by atoms with E-state index in [9.17, 15) is 9.59 Å². The van der Waals surface area contributed by atoms with E-state index < -0.39 is 0 Å². The summed E-state index contributed by atoms with van der Waals surface area (Å²) < 4.78 is 0. The zero-order chi connectivity index (χ0) is 19.8. The summed E-state index contributed by atoms with van der Waals surface area (Å²) in [5, 5.41) is 8.70. The molecule has 3 rings (SSSR count). The molecule has 2 aromatic carbocycles. The lowest BCUT2D eigenvalue weighted by Crippen LogP contribution is -2.46. The number of carbonyl (C=O) groups is 2. The molecule has 3 N–H and O–H groups in total. The first-order valence-electron chi connectivity index (χ1n) is 10.1. The fourth-order valence-electron chi connectivity index (χ4n) is 3.62. The Morgan fingerprint density at radius 2 is 1.57 bits per heavy atom.